The Hall–Kier alpha value is -2.12. The van der Waals surface area contributed by atoms with E-state index in [2.05, 4.69) is 34.3 Å². The summed E-state index contributed by atoms with van der Waals surface area (Å²) in [6.07, 6.45) is 3.31. The number of anilines is 1. The monoisotopic (exact) mass is 366 g/mol. The van der Waals surface area contributed by atoms with E-state index in [0.717, 1.165) is 23.1 Å². The number of nitrogens with one attached hydrogen (secondary N) is 1. The number of hydrazone groups is 1. The number of hydrogen-bond acceptors (Lipinski definition) is 6. The van der Waals surface area contributed by atoms with Gasteiger partial charge in [-0.1, -0.05) is 22.9 Å². The summed E-state index contributed by atoms with van der Waals surface area (Å²) in [6, 6.07) is 6.80. The minimum absolute atomic E-state index is 0.119. The lowest BCUT2D eigenvalue weighted by atomic mass is 10.3. The highest BCUT2D eigenvalue weighted by Crippen LogP contribution is 2.20. The molecular weight excluding hydrogens is 348 g/mol. The molecule has 24 heavy (non-hydrogen) atoms. The number of ether oxygens (including phenoxy) is 1. The van der Waals surface area contributed by atoms with Crippen LogP contribution >= 0.6 is 22.9 Å². The lowest BCUT2D eigenvalue weighted by Crippen LogP contribution is -2.24. The van der Waals surface area contributed by atoms with Gasteiger partial charge in [-0.25, -0.2) is 10.4 Å². The summed E-state index contributed by atoms with van der Waals surface area (Å²) in [5, 5.41) is 5.48. The number of hydrogen-bond donors (Lipinski definition) is 1. The first kappa shape index (κ1) is 18.2. The van der Waals surface area contributed by atoms with Crippen LogP contribution in [0.25, 0.3) is 0 Å². The van der Waals surface area contributed by atoms with E-state index in [1.807, 2.05) is 0 Å². The average Bonchev–Trinajstić information content (AvgIpc) is 3.04. The van der Waals surface area contributed by atoms with Crippen molar-refractivity contribution < 1.29 is 9.53 Å². The Bertz CT molecular complexity index is 684. The van der Waals surface area contributed by atoms with Crippen molar-refractivity contribution in [2.75, 3.05) is 24.6 Å². The quantitative estimate of drug-likeness (QED) is 0.575. The first-order valence-corrected chi connectivity index (χ1v) is 8.72. The first-order valence-electron chi connectivity index (χ1n) is 7.53. The van der Waals surface area contributed by atoms with Gasteiger partial charge in [-0.15, -0.1) is 0 Å². The van der Waals surface area contributed by atoms with Gasteiger partial charge in [0.05, 0.1) is 11.1 Å². The molecule has 1 N–H and O–H groups in total. The maximum atomic E-state index is 11.7. The molecule has 6 nitrogen and oxygen atoms in total. The Labute approximate surface area is 150 Å². The zero-order valence-electron chi connectivity index (χ0n) is 13.5. The molecule has 2 rings (SSSR count). The van der Waals surface area contributed by atoms with Gasteiger partial charge in [-0.3, -0.25) is 4.79 Å². The Balaban J connectivity index is 1.78. The molecule has 0 spiro atoms. The van der Waals surface area contributed by atoms with Gasteiger partial charge >= 0.3 is 0 Å². The van der Waals surface area contributed by atoms with Crippen LogP contribution in [0.5, 0.6) is 5.75 Å². The molecule has 128 valence electrons. The first-order chi connectivity index (χ1) is 11.6. The highest BCUT2D eigenvalue weighted by Gasteiger charge is 2.06. The molecule has 1 aromatic carbocycles. The lowest BCUT2D eigenvalue weighted by molar-refractivity contribution is -0.123. The van der Waals surface area contributed by atoms with Gasteiger partial charge in [0.1, 0.15) is 5.75 Å². The van der Waals surface area contributed by atoms with Crippen molar-refractivity contribution in [1.29, 1.82) is 0 Å². The second-order valence-corrected chi connectivity index (χ2v) is 6.23. The smallest absolute Gasteiger partial charge is 0.277 e. The molecule has 0 aliphatic rings. The maximum Gasteiger partial charge on any atom is 0.277 e. The molecule has 2 aromatic rings. The van der Waals surface area contributed by atoms with Crippen molar-refractivity contribution in [1.82, 2.24) is 10.4 Å². The summed E-state index contributed by atoms with van der Waals surface area (Å²) in [6.45, 7) is 5.85. The Morgan fingerprint density at radius 1 is 1.38 bits per heavy atom. The molecule has 0 bridgehead atoms. The standard InChI is InChI=1S/C16H19ClN4O2S/c1-3-21(4-2)16-18-9-14(24-16)10-19-20-15(22)11-23-13-7-5-12(17)6-8-13/h5-10H,3-4,11H2,1-2H3,(H,20,22)/b19-10-. The molecular formula is C16H19ClN4O2S. The predicted molar refractivity (Wildman–Crippen MR) is 98.4 cm³/mol. The van der Waals surface area contributed by atoms with Crippen LogP contribution in [-0.4, -0.2) is 36.8 Å². The van der Waals surface area contributed by atoms with Gasteiger partial charge in [0.15, 0.2) is 11.7 Å². The number of carbonyl (C=O) groups excluding carboxylic acids is 1. The number of aromatic nitrogens is 1. The van der Waals surface area contributed by atoms with E-state index in [4.69, 9.17) is 16.3 Å². The maximum absolute atomic E-state index is 11.7. The number of thiazole rings is 1. The third-order valence-electron chi connectivity index (χ3n) is 3.11. The third-order valence-corrected chi connectivity index (χ3v) is 4.35. The van der Waals surface area contributed by atoms with Gasteiger partial charge in [0.2, 0.25) is 0 Å². The Kier molecular flexibility index (Phi) is 7.02. The molecule has 0 saturated carbocycles. The molecule has 0 unspecified atom stereocenters. The Morgan fingerprint density at radius 2 is 2.08 bits per heavy atom. The van der Waals surface area contributed by atoms with E-state index in [1.54, 1.807) is 36.7 Å². The lowest BCUT2D eigenvalue weighted by Gasteiger charge is -2.16. The fraction of sp³-hybridized carbons (Fsp3) is 0.312. The molecule has 0 fully saturated rings. The van der Waals surface area contributed by atoms with E-state index < -0.39 is 0 Å². The summed E-state index contributed by atoms with van der Waals surface area (Å²) < 4.78 is 5.33. The molecule has 0 atom stereocenters. The number of rotatable bonds is 8. The minimum Gasteiger partial charge on any atom is -0.484 e. The highest BCUT2D eigenvalue weighted by atomic mass is 35.5. The number of carbonyl (C=O) groups is 1. The van der Waals surface area contributed by atoms with Crippen molar-refractivity contribution in [2.24, 2.45) is 5.10 Å². The second kappa shape index (κ2) is 9.24. The van der Waals surface area contributed by atoms with Gasteiger partial charge in [0, 0.05) is 24.3 Å². The normalized spacial score (nSPS) is 10.8. The van der Waals surface area contributed by atoms with E-state index in [-0.39, 0.29) is 12.5 Å². The Morgan fingerprint density at radius 3 is 2.75 bits per heavy atom. The van der Waals surface area contributed by atoms with Gasteiger partial charge < -0.3 is 9.64 Å². The largest absolute Gasteiger partial charge is 0.484 e. The number of halogens is 1. The fourth-order valence-corrected chi connectivity index (χ4v) is 2.90. The van der Waals surface area contributed by atoms with Gasteiger partial charge in [-0.2, -0.15) is 5.10 Å². The van der Waals surface area contributed by atoms with Crippen LogP contribution in [0.2, 0.25) is 5.02 Å². The second-order valence-electron chi connectivity index (χ2n) is 4.75. The predicted octanol–water partition coefficient (Wildman–Crippen LogP) is 3.17. The molecule has 0 aliphatic heterocycles. The molecule has 1 amide bonds. The fourth-order valence-electron chi connectivity index (χ4n) is 1.86. The van der Waals surface area contributed by atoms with Crippen LogP contribution < -0.4 is 15.1 Å². The van der Waals surface area contributed by atoms with E-state index in [0.29, 0.717) is 10.8 Å². The van der Waals surface area contributed by atoms with Crippen molar-refractivity contribution in [3.05, 3.63) is 40.4 Å². The van der Waals surface area contributed by atoms with E-state index >= 15 is 0 Å². The molecule has 8 heteroatoms. The third kappa shape index (κ3) is 5.50. The highest BCUT2D eigenvalue weighted by molar-refractivity contribution is 7.17. The van der Waals surface area contributed by atoms with Gasteiger partial charge in [0.25, 0.3) is 5.91 Å². The number of nitrogens with zero attached hydrogens (tertiary/aromatic N) is 3. The topological polar surface area (TPSA) is 66.8 Å². The molecule has 1 aromatic heterocycles. The molecule has 1 heterocycles. The van der Waals surface area contributed by atoms with Crippen LogP contribution in [-0.2, 0) is 4.79 Å². The van der Waals surface area contributed by atoms with E-state index in [9.17, 15) is 4.79 Å². The van der Waals surface area contributed by atoms with E-state index in [1.165, 1.54) is 11.3 Å². The van der Waals surface area contributed by atoms with Crippen LogP contribution in [0, 0.1) is 0 Å². The average molecular weight is 367 g/mol. The van der Waals surface area contributed by atoms with Crippen molar-refractivity contribution in [3.8, 4) is 5.75 Å². The molecule has 0 saturated heterocycles. The van der Waals surface area contributed by atoms with Crippen molar-refractivity contribution >= 4 is 40.2 Å². The number of amides is 1. The zero-order chi connectivity index (χ0) is 17.4. The molecule has 0 radical (unpaired) electrons. The van der Waals surface area contributed by atoms with Crippen LogP contribution in [0.3, 0.4) is 0 Å². The van der Waals surface area contributed by atoms with Crippen molar-refractivity contribution in [2.45, 2.75) is 13.8 Å². The zero-order valence-corrected chi connectivity index (χ0v) is 15.1. The summed E-state index contributed by atoms with van der Waals surface area (Å²) >= 11 is 7.30. The summed E-state index contributed by atoms with van der Waals surface area (Å²) in [7, 11) is 0. The number of benzene rings is 1. The summed E-state index contributed by atoms with van der Waals surface area (Å²) in [5.74, 6) is 0.236. The van der Waals surface area contributed by atoms with Crippen LogP contribution in [0.15, 0.2) is 35.6 Å². The summed E-state index contributed by atoms with van der Waals surface area (Å²) in [4.78, 5) is 19.1. The molecule has 0 aliphatic carbocycles. The van der Waals surface area contributed by atoms with Gasteiger partial charge in [-0.05, 0) is 38.1 Å². The summed E-state index contributed by atoms with van der Waals surface area (Å²) in [5.41, 5.74) is 2.42. The van der Waals surface area contributed by atoms with Crippen LogP contribution in [0.4, 0.5) is 5.13 Å². The van der Waals surface area contributed by atoms with Crippen LogP contribution in [0.1, 0.15) is 18.7 Å². The minimum atomic E-state index is -0.338. The SMILES string of the molecule is CCN(CC)c1ncc(/C=N\NC(=O)COc2ccc(Cl)cc2)s1. The van der Waals surface area contributed by atoms with Crippen molar-refractivity contribution in [3.63, 3.8) is 0 Å².